The zero-order valence-electron chi connectivity index (χ0n) is 21.3. The van der Waals surface area contributed by atoms with Gasteiger partial charge in [-0.2, -0.15) is 0 Å². The number of benzene rings is 2. The maximum absolute atomic E-state index is 12.5. The summed E-state index contributed by atoms with van der Waals surface area (Å²) in [5, 5.41) is 0. The second-order valence-corrected chi connectivity index (χ2v) is 8.30. The highest BCUT2D eigenvalue weighted by atomic mass is 16.6. The molecule has 1 aliphatic heterocycles. The van der Waals surface area contributed by atoms with E-state index in [9.17, 15) is 4.79 Å². The van der Waals surface area contributed by atoms with E-state index < -0.39 is 6.10 Å². The van der Waals surface area contributed by atoms with Crippen LogP contribution in [-0.4, -0.2) is 91.4 Å². The minimum atomic E-state index is -0.411. The third kappa shape index (κ3) is 13.5. The number of carbonyl (C=O) groups is 1. The summed E-state index contributed by atoms with van der Waals surface area (Å²) in [6.45, 7) is 5.42. The molecule has 1 atom stereocenters. The Bertz CT molecular complexity index is 844. The Balaban J connectivity index is 1.40. The molecule has 9 nitrogen and oxygen atoms in total. The lowest BCUT2D eigenvalue weighted by Crippen LogP contribution is -2.30. The van der Waals surface area contributed by atoms with Crippen LogP contribution < -0.4 is 4.74 Å². The molecule has 0 amide bonds. The first-order valence-corrected chi connectivity index (χ1v) is 12.7. The van der Waals surface area contributed by atoms with Gasteiger partial charge in [-0.15, -0.1) is 0 Å². The summed E-state index contributed by atoms with van der Waals surface area (Å²) in [6, 6.07) is 17.4. The van der Waals surface area contributed by atoms with Crippen molar-refractivity contribution in [2.75, 3.05) is 79.3 Å². The molecule has 0 bridgehead atoms. The molecule has 0 aliphatic carbocycles. The van der Waals surface area contributed by atoms with Gasteiger partial charge in [-0.1, -0.05) is 42.5 Å². The molecule has 0 N–H and O–H groups in total. The van der Waals surface area contributed by atoms with Crippen molar-refractivity contribution >= 4 is 5.97 Å². The molecule has 2 aromatic rings. The molecule has 0 spiro atoms. The fraction of sp³-hybridized carbons (Fsp3) is 0.536. The van der Waals surface area contributed by atoms with Crippen molar-refractivity contribution < 1.29 is 42.7 Å². The van der Waals surface area contributed by atoms with Crippen molar-refractivity contribution in [3.8, 4) is 5.75 Å². The summed E-state index contributed by atoms with van der Waals surface area (Å²) in [6.07, 6.45) is -0.277. The van der Waals surface area contributed by atoms with Crippen LogP contribution in [0.1, 0.15) is 11.1 Å². The molecule has 3 rings (SSSR count). The van der Waals surface area contributed by atoms with Crippen LogP contribution in [0.5, 0.6) is 5.75 Å². The van der Waals surface area contributed by atoms with Gasteiger partial charge in [0.25, 0.3) is 0 Å². The predicted molar refractivity (Wildman–Crippen MR) is 136 cm³/mol. The Kier molecular flexibility index (Phi) is 14.7. The van der Waals surface area contributed by atoms with Crippen LogP contribution in [0.25, 0.3) is 0 Å². The van der Waals surface area contributed by atoms with E-state index in [4.69, 9.17) is 37.9 Å². The number of hydrogen-bond donors (Lipinski definition) is 0. The van der Waals surface area contributed by atoms with Crippen molar-refractivity contribution in [1.82, 2.24) is 0 Å². The van der Waals surface area contributed by atoms with E-state index >= 15 is 0 Å². The zero-order chi connectivity index (χ0) is 25.8. The molecule has 0 aromatic heterocycles. The third-order valence-corrected chi connectivity index (χ3v) is 5.30. The number of hydrogen-bond acceptors (Lipinski definition) is 9. The summed E-state index contributed by atoms with van der Waals surface area (Å²) in [5.41, 5.74) is 1.89. The minimum Gasteiger partial charge on any atom is -0.489 e. The Hall–Kier alpha value is -2.53. The van der Waals surface area contributed by atoms with Gasteiger partial charge in [0.05, 0.1) is 79.1 Å². The highest BCUT2D eigenvalue weighted by Crippen LogP contribution is 2.16. The van der Waals surface area contributed by atoms with E-state index in [0.717, 1.165) is 11.1 Å². The molecule has 1 fully saturated rings. The largest absolute Gasteiger partial charge is 0.489 e. The lowest BCUT2D eigenvalue weighted by atomic mass is 10.1. The van der Waals surface area contributed by atoms with Crippen LogP contribution in [0.15, 0.2) is 54.6 Å². The number of rotatable bonds is 7. The number of ether oxygens (including phenoxy) is 8. The Morgan fingerprint density at radius 1 is 0.703 bits per heavy atom. The number of carbonyl (C=O) groups excluding carboxylic acids is 1. The maximum Gasteiger partial charge on any atom is 0.310 e. The van der Waals surface area contributed by atoms with Gasteiger partial charge in [0.15, 0.2) is 0 Å². The molecule has 1 aliphatic rings. The molecule has 2 aromatic carbocycles. The SMILES string of the molecule is O=C(Cc1cccc(OCc2ccccc2)c1)OCC1COCCOCCOCCOCCOCCO1. The minimum absolute atomic E-state index is 0.0842. The topological polar surface area (TPSA) is 90.9 Å². The van der Waals surface area contributed by atoms with E-state index in [0.29, 0.717) is 78.4 Å². The Morgan fingerprint density at radius 2 is 1.30 bits per heavy atom. The monoisotopic (exact) mass is 518 g/mol. The van der Waals surface area contributed by atoms with Crippen LogP contribution in [0.3, 0.4) is 0 Å². The summed E-state index contributed by atoms with van der Waals surface area (Å²) >= 11 is 0. The van der Waals surface area contributed by atoms with E-state index in [1.807, 2.05) is 54.6 Å². The molecular weight excluding hydrogens is 480 g/mol. The first-order valence-electron chi connectivity index (χ1n) is 12.7. The molecule has 0 radical (unpaired) electrons. The maximum atomic E-state index is 12.5. The molecule has 1 saturated heterocycles. The van der Waals surface area contributed by atoms with Gasteiger partial charge in [-0.3, -0.25) is 4.79 Å². The van der Waals surface area contributed by atoms with E-state index in [-0.39, 0.29) is 25.6 Å². The van der Waals surface area contributed by atoms with Gasteiger partial charge in [0.1, 0.15) is 25.1 Å². The van der Waals surface area contributed by atoms with Gasteiger partial charge in [-0.05, 0) is 23.3 Å². The molecule has 1 heterocycles. The smallest absolute Gasteiger partial charge is 0.310 e. The van der Waals surface area contributed by atoms with Crippen molar-refractivity contribution in [2.24, 2.45) is 0 Å². The van der Waals surface area contributed by atoms with Gasteiger partial charge < -0.3 is 37.9 Å². The fourth-order valence-corrected chi connectivity index (χ4v) is 3.40. The van der Waals surface area contributed by atoms with Crippen molar-refractivity contribution in [2.45, 2.75) is 19.1 Å². The lowest BCUT2D eigenvalue weighted by Gasteiger charge is -2.19. The summed E-state index contributed by atoms with van der Waals surface area (Å²) in [5.74, 6) is 0.355. The van der Waals surface area contributed by atoms with E-state index in [1.165, 1.54) is 0 Å². The second-order valence-electron chi connectivity index (χ2n) is 8.30. The van der Waals surface area contributed by atoms with E-state index in [2.05, 4.69) is 0 Å². The quantitative estimate of drug-likeness (QED) is 0.513. The average molecular weight is 519 g/mol. The second kappa shape index (κ2) is 18.7. The average Bonchev–Trinajstić information content (AvgIpc) is 2.92. The third-order valence-electron chi connectivity index (χ3n) is 5.30. The Morgan fingerprint density at radius 3 is 1.97 bits per heavy atom. The molecule has 37 heavy (non-hydrogen) atoms. The molecule has 9 heteroatoms. The van der Waals surface area contributed by atoms with E-state index in [1.54, 1.807) is 0 Å². The molecule has 0 saturated carbocycles. The highest BCUT2D eigenvalue weighted by Gasteiger charge is 2.14. The molecule has 204 valence electrons. The summed E-state index contributed by atoms with van der Waals surface area (Å²) < 4.78 is 44.7. The van der Waals surface area contributed by atoms with Crippen LogP contribution in [0.4, 0.5) is 0 Å². The van der Waals surface area contributed by atoms with Crippen LogP contribution in [0, 0.1) is 0 Å². The van der Waals surface area contributed by atoms with Crippen molar-refractivity contribution in [1.29, 1.82) is 0 Å². The van der Waals surface area contributed by atoms with Crippen LogP contribution in [-0.2, 0) is 51.0 Å². The summed E-state index contributed by atoms with van der Waals surface area (Å²) in [7, 11) is 0. The zero-order valence-corrected chi connectivity index (χ0v) is 21.3. The van der Waals surface area contributed by atoms with Crippen molar-refractivity contribution in [3.63, 3.8) is 0 Å². The van der Waals surface area contributed by atoms with Gasteiger partial charge in [0.2, 0.25) is 0 Å². The first-order chi connectivity index (χ1) is 18.3. The van der Waals surface area contributed by atoms with Crippen LogP contribution >= 0.6 is 0 Å². The normalized spacial score (nSPS) is 19.3. The number of esters is 1. The predicted octanol–water partition coefficient (Wildman–Crippen LogP) is 2.83. The first kappa shape index (κ1) is 29.0. The molecule has 1 unspecified atom stereocenters. The fourth-order valence-electron chi connectivity index (χ4n) is 3.40. The lowest BCUT2D eigenvalue weighted by molar-refractivity contribution is -0.150. The van der Waals surface area contributed by atoms with Gasteiger partial charge in [-0.25, -0.2) is 0 Å². The highest BCUT2D eigenvalue weighted by molar-refractivity contribution is 5.72. The van der Waals surface area contributed by atoms with Crippen LogP contribution in [0.2, 0.25) is 0 Å². The Labute approximate surface area is 218 Å². The summed E-state index contributed by atoms with van der Waals surface area (Å²) in [4.78, 5) is 12.5. The van der Waals surface area contributed by atoms with Gasteiger partial charge in [0, 0.05) is 0 Å². The standard InChI is InChI=1S/C28H38O9/c29-28(20-25-7-4-8-26(19-25)36-21-24-5-2-1-3-6-24)37-23-27-22-34-16-15-32-12-11-30-9-10-31-13-14-33-17-18-35-27/h1-8,19,27H,9-18,20-23H2. The molecular formula is C28H38O9. The van der Waals surface area contributed by atoms with Crippen molar-refractivity contribution in [3.05, 3.63) is 65.7 Å². The van der Waals surface area contributed by atoms with Gasteiger partial charge >= 0.3 is 5.97 Å².